The average molecular weight is 496 g/mol. The van der Waals surface area contributed by atoms with Crippen LogP contribution in [-0.4, -0.2) is 61.5 Å². The largest absolute Gasteiger partial charge is 0.465 e. The monoisotopic (exact) mass is 495 g/mol. The molecule has 1 fully saturated rings. The van der Waals surface area contributed by atoms with E-state index in [1.165, 1.54) is 30.6 Å². The van der Waals surface area contributed by atoms with Crippen LogP contribution in [0.25, 0.3) is 11.1 Å². The van der Waals surface area contributed by atoms with Gasteiger partial charge in [0.1, 0.15) is 16.4 Å². The minimum Gasteiger partial charge on any atom is -0.465 e. The third-order valence-electron chi connectivity index (χ3n) is 6.27. The molecule has 0 unspecified atom stereocenters. The zero-order valence-corrected chi connectivity index (χ0v) is 21.1. The summed E-state index contributed by atoms with van der Waals surface area (Å²) >= 11 is 1.34. The molecule has 8 heteroatoms. The Balaban J connectivity index is 1.38. The van der Waals surface area contributed by atoms with Gasteiger partial charge in [0.15, 0.2) is 0 Å². The fourth-order valence-electron chi connectivity index (χ4n) is 4.30. The van der Waals surface area contributed by atoms with E-state index in [1.807, 2.05) is 49.6 Å². The SMILES string of the molecule is COC(=O)c1c(-c2cc(C)ccc2C)csc1NC(=O)CN1CCN(Cc2ccc(F)cc2)CC1. The minimum absolute atomic E-state index is 0.156. The number of nitrogens with one attached hydrogen (secondary N) is 1. The molecule has 1 N–H and O–H groups in total. The van der Waals surface area contributed by atoms with Gasteiger partial charge in [-0.3, -0.25) is 14.6 Å². The second-order valence-corrected chi connectivity index (χ2v) is 9.77. The van der Waals surface area contributed by atoms with E-state index < -0.39 is 5.97 Å². The van der Waals surface area contributed by atoms with E-state index in [-0.39, 0.29) is 18.3 Å². The van der Waals surface area contributed by atoms with Crippen LogP contribution in [0, 0.1) is 19.7 Å². The molecule has 1 aliphatic rings. The van der Waals surface area contributed by atoms with Crippen molar-refractivity contribution in [3.63, 3.8) is 0 Å². The van der Waals surface area contributed by atoms with E-state index in [9.17, 15) is 14.0 Å². The lowest BCUT2D eigenvalue weighted by Gasteiger charge is -2.34. The number of benzene rings is 2. The van der Waals surface area contributed by atoms with Crippen molar-refractivity contribution in [2.75, 3.05) is 45.2 Å². The van der Waals surface area contributed by atoms with E-state index >= 15 is 0 Å². The number of nitrogens with zero attached hydrogens (tertiary/aromatic N) is 2. The van der Waals surface area contributed by atoms with E-state index in [4.69, 9.17) is 4.74 Å². The van der Waals surface area contributed by atoms with Gasteiger partial charge >= 0.3 is 5.97 Å². The Labute approximate surface area is 209 Å². The van der Waals surface area contributed by atoms with Gasteiger partial charge in [-0.2, -0.15) is 0 Å². The molecule has 35 heavy (non-hydrogen) atoms. The lowest BCUT2D eigenvalue weighted by atomic mass is 9.97. The fraction of sp³-hybridized carbons (Fsp3) is 0.333. The summed E-state index contributed by atoms with van der Waals surface area (Å²) < 4.78 is 18.2. The first-order valence-corrected chi connectivity index (χ1v) is 12.5. The normalized spacial score (nSPS) is 14.6. The van der Waals surface area contributed by atoms with Gasteiger partial charge in [-0.05, 0) is 42.7 Å². The van der Waals surface area contributed by atoms with Crippen molar-refractivity contribution in [3.05, 3.63) is 75.9 Å². The first-order valence-electron chi connectivity index (χ1n) is 11.6. The Kier molecular flexibility index (Phi) is 7.95. The molecule has 0 spiro atoms. The van der Waals surface area contributed by atoms with Crippen LogP contribution in [0.4, 0.5) is 9.39 Å². The molecule has 0 atom stereocenters. The molecule has 1 aromatic heterocycles. The number of aryl methyl sites for hydroxylation is 2. The number of rotatable bonds is 7. The first-order chi connectivity index (χ1) is 16.8. The van der Waals surface area contributed by atoms with Crippen LogP contribution in [0.5, 0.6) is 0 Å². The second-order valence-electron chi connectivity index (χ2n) is 8.89. The number of esters is 1. The van der Waals surface area contributed by atoms with Crippen LogP contribution in [0.15, 0.2) is 47.8 Å². The number of methoxy groups -OCH3 is 1. The maximum absolute atomic E-state index is 13.1. The Morgan fingerprint density at radius 3 is 2.37 bits per heavy atom. The van der Waals surface area contributed by atoms with Crippen molar-refractivity contribution in [1.29, 1.82) is 0 Å². The summed E-state index contributed by atoms with van der Waals surface area (Å²) in [6.45, 7) is 8.20. The number of halogens is 1. The molecule has 0 radical (unpaired) electrons. The number of ether oxygens (including phenoxy) is 1. The maximum atomic E-state index is 13.1. The number of carbonyl (C=O) groups is 2. The van der Waals surface area contributed by atoms with E-state index in [1.54, 1.807) is 0 Å². The third kappa shape index (κ3) is 6.14. The van der Waals surface area contributed by atoms with Crippen molar-refractivity contribution in [2.24, 2.45) is 0 Å². The number of amides is 1. The van der Waals surface area contributed by atoms with Crippen LogP contribution >= 0.6 is 11.3 Å². The quantitative estimate of drug-likeness (QED) is 0.481. The zero-order valence-electron chi connectivity index (χ0n) is 20.3. The molecule has 2 aromatic carbocycles. The predicted molar refractivity (Wildman–Crippen MR) is 137 cm³/mol. The number of carbonyl (C=O) groups excluding carboxylic acids is 2. The highest BCUT2D eigenvalue weighted by molar-refractivity contribution is 7.15. The standard InChI is InChI=1S/C27H30FN3O3S/c1-18-4-5-19(2)22(14-18)23-17-35-26(25(23)27(33)34-3)29-24(32)16-31-12-10-30(11-13-31)15-20-6-8-21(28)9-7-20/h4-9,14,17H,10-13,15-16H2,1-3H3,(H,29,32). The minimum atomic E-state index is -0.466. The van der Waals surface area contributed by atoms with Crippen molar-refractivity contribution in [3.8, 4) is 11.1 Å². The smallest absolute Gasteiger partial charge is 0.341 e. The number of thiophene rings is 1. The summed E-state index contributed by atoms with van der Waals surface area (Å²) in [6, 6.07) is 12.7. The van der Waals surface area contributed by atoms with Crippen LogP contribution in [0.1, 0.15) is 27.0 Å². The maximum Gasteiger partial charge on any atom is 0.341 e. The first kappa shape index (κ1) is 25.0. The van der Waals surface area contributed by atoms with Gasteiger partial charge in [-0.15, -0.1) is 11.3 Å². The highest BCUT2D eigenvalue weighted by Crippen LogP contribution is 2.38. The number of hydrogen-bond acceptors (Lipinski definition) is 6. The van der Waals surface area contributed by atoms with Crippen molar-refractivity contribution in [2.45, 2.75) is 20.4 Å². The molecule has 1 aliphatic heterocycles. The van der Waals surface area contributed by atoms with Gasteiger partial charge in [-0.25, -0.2) is 9.18 Å². The molecular weight excluding hydrogens is 465 g/mol. The summed E-state index contributed by atoms with van der Waals surface area (Å²) in [5.41, 5.74) is 5.34. The topological polar surface area (TPSA) is 61.9 Å². The van der Waals surface area contributed by atoms with Gasteiger partial charge < -0.3 is 10.1 Å². The molecule has 4 rings (SSSR count). The van der Waals surface area contributed by atoms with Crippen molar-refractivity contribution >= 4 is 28.2 Å². The molecule has 2 heterocycles. The van der Waals surface area contributed by atoms with Gasteiger partial charge in [0.05, 0.1) is 13.7 Å². The van der Waals surface area contributed by atoms with Gasteiger partial charge in [-0.1, -0.05) is 35.9 Å². The average Bonchev–Trinajstić information content (AvgIpc) is 3.25. The fourth-order valence-corrected chi connectivity index (χ4v) is 5.27. The highest BCUT2D eigenvalue weighted by atomic mass is 32.1. The Bertz CT molecular complexity index is 1200. The molecule has 0 saturated carbocycles. The molecule has 6 nitrogen and oxygen atoms in total. The number of anilines is 1. The number of piperazine rings is 1. The second kappa shape index (κ2) is 11.1. The molecule has 1 amide bonds. The van der Waals surface area contributed by atoms with E-state index in [2.05, 4.69) is 15.1 Å². The number of hydrogen-bond donors (Lipinski definition) is 1. The summed E-state index contributed by atoms with van der Waals surface area (Å²) in [7, 11) is 1.35. The van der Waals surface area contributed by atoms with Crippen LogP contribution in [0.2, 0.25) is 0 Å². The zero-order chi connectivity index (χ0) is 24.9. The van der Waals surface area contributed by atoms with Gasteiger partial charge in [0.2, 0.25) is 5.91 Å². The summed E-state index contributed by atoms with van der Waals surface area (Å²) in [6.07, 6.45) is 0. The summed E-state index contributed by atoms with van der Waals surface area (Å²) in [5.74, 6) is -0.852. The lowest BCUT2D eigenvalue weighted by Crippen LogP contribution is -2.48. The van der Waals surface area contributed by atoms with Gasteiger partial charge in [0.25, 0.3) is 0 Å². The highest BCUT2D eigenvalue weighted by Gasteiger charge is 2.25. The molecule has 0 bridgehead atoms. The Morgan fingerprint density at radius 2 is 1.69 bits per heavy atom. The van der Waals surface area contributed by atoms with Crippen molar-refractivity contribution < 1.29 is 18.7 Å². The van der Waals surface area contributed by atoms with Gasteiger partial charge in [0, 0.05) is 43.7 Å². The predicted octanol–water partition coefficient (Wildman–Crippen LogP) is 4.71. The summed E-state index contributed by atoms with van der Waals surface area (Å²) in [4.78, 5) is 29.9. The Morgan fingerprint density at radius 1 is 1.00 bits per heavy atom. The van der Waals surface area contributed by atoms with Crippen LogP contribution in [-0.2, 0) is 16.1 Å². The molecule has 184 valence electrons. The van der Waals surface area contributed by atoms with Crippen LogP contribution in [0.3, 0.4) is 0 Å². The molecule has 3 aromatic rings. The van der Waals surface area contributed by atoms with E-state index in [0.717, 1.165) is 60.5 Å². The van der Waals surface area contributed by atoms with Crippen LogP contribution < -0.4 is 5.32 Å². The lowest BCUT2D eigenvalue weighted by molar-refractivity contribution is -0.117. The Hall–Kier alpha value is -3.07. The summed E-state index contributed by atoms with van der Waals surface area (Å²) in [5, 5.41) is 5.35. The molecule has 0 aliphatic carbocycles. The van der Waals surface area contributed by atoms with Crippen molar-refractivity contribution in [1.82, 2.24) is 9.80 Å². The van der Waals surface area contributed by atoms with E-state index in [0.29, 0.717) is 10.6 Å². The third-order valence-corrected chi connectivity index (χ3v) is 7.16. The molecule has 1 saturated heterocycles. The molecular formula is C27H30FN3O3S.